The van der Waals surface area contributed by atoms with Gasteiger partial charge in [-0.15, -0.1) is 11.3 Å². The van der Waals surface area contributed by atoms with E-state index in [1.807, 2.05) is 30.6 Å². The Hall–Kier alpha value is -1.85. The summed E-state index contributed by atoms with van der Waals surface area (Å²) in [4.78, 5) is 4.70. The van der Waals surface area contributed by atoms with Crippen molar-refractivity contribution in [1.82, 2.24) is 9.36 Å². The fraction of sp³-hybridized carbons (Fsp3) is 0.0714. The Bertz CT molecular complexity index is 754. The van der Waals surface area contributed by atoms with Gasteiger partial charge in [-0.2, -0.15) is 0 Å². The summed E-state index contributed by atoms with van der Waals surface area (Å²) in [6.45, 7) is 1.92. The monoisotopic (exact) mass is 285 g/mol. The van der Waals surface area contributed by atoms with Crippen molar-refractivity contribution >= 4 is 44.9 Å². The van der Waals surface area contributed by atoms with E-state index < -0.39 is 0 Å². The van der Waals surface area contributed by atoms with Crippen LogP contribution in [0.2, 0.25) is 0 Å². The molecule has 0 spiro atoms. The zero-order chi connectivity index (χ0) is 13.2. The van der Waals surface area contributed by atoms with Crippen LogP contribution in [0, 0.1) is 5.41 Å². The van der Waals surface area contributed by atoms with Gasteiger partial charge in [0.1, 0.15) is 0 Å². The van der Waals surface area contributed by atoms with E-state index in [-0.39, 0.29) is 0 Å². The summed E-state index contributed by atoms with van der Waals surface area (Å²) in [5, 5.41) is 11.6. The van der Waals surface area contributed by atoms with Gasteiger partial charge in [-0.25, -0.2) is 9.36 Å². The first kappa shape index (κ1) is 12.2. The van der Waals surface area contributed by atoms with Gasteiger partial charge in [-0.05, 0) is 30.6 Å². The second-order valence-corrected chi connectivity index (χ2v) is 5.56. The molecule has 5 heteroatoms. The van der Waals surface area contributed by atoms with Crippen LogP contribution in [0.15, 0.2) is 35.2 Å². The van der Waals surface area contributed by atoms with E-state index in [9.17, 15) is 0 Å². The topological polar surface area (TPSA) is 49.6 Å². The van der Waals surface area contributed by atoms with Crippen molar-refractivity contribution in [3.05, 3.63) is 40.9 Å². The summed E-state index contributed by atoms with van der Waals surface area (Å²) in [5.41, 5.74) is 4.90. The Kier molecular flexibility index (Phi) is 3.23. The maximum Gasteiger partial charge on any atom is 0.0896 e. The summed E-state index contributed by atoms with van der Waals surface area (Å²) in [6, 6.07) is 4.04. The van der Waals surface area contributed by atoms with E-state index in [2.05, 4.69) is 15.8 Å². The van der Waals surface area contributed by atoms with Crippen LogP contribution in [-0.2, 0) is 0 Å². The molecular formula is C14H11N3S2. The number of allylic oxidation sites excluding steroid dienone is 2. The Labute approximate surface area is 118 Å². The molecule has 3 aromatic heterocycles. The van der Waals surface area contributed by atoms with Gasteiger partial charge in [0.05, 0.1) is 15.9 Å². The summed E-state index contributed by atoms with van der Waals surface area (Å²) in [7, 11) is 0. The van der Waals surface area contributed by atoms with E-state index in [1.165, 1.54) is 17.7 Å². The Morgan fingerprint density at radius 3 is 2.89 bits per heavy atom. The van der Waals surface area contributed by atoms with Crippen molar-refractivity contribution in [1.29, 1.82) is 5.41 Å². The van der Waals surface area contributed by atoms with E-state index in [4.69, 9.17) is 10.4 Å². The third-order valence-electron chi connectivity index (χ3n) is 2.92. The lowest BCUT2D eigenvalue weighted by Gasteiger charge is -2.01. The van der Waals surface area contributed by atoms with Gasteiger partial charge in [0.2, 0.25) is 0 Å². The molecule has 0 unspecified atom stereocenters. The highest BCUT2D eigenvalue weighted by Crippen LogP contribution is 2.33. The third-order valence-corrected chi connectivity index (χ3v) is 4.45. The van der Waals surface area contributed by atoms with Crippen LogP contribution in [0.4, 0.5) is 0 Å². The fourth-order valence-corrected chi connectivity index (χ4v) is 3.36. The molecule has 0 saturated heterocycles. The number of hydrogen-bond donors (Lipinski definition) is 1. The molecule has 0 radical (unpaired) electrons. The fourth-order valence-electron chi connectivity index (χ4n) is 1.92. The Morgan fingerprint density at radius 2 is 2.21 bits per heavy atom. The van der Waals surface area contributed by atoms with Gasteiger partial charge in [-0.3, -0.25) is 0 Å². The highest BCUT2D eigenvalue weighted by Gasteiger charge is 2.10. The number of thiophene rings is 1. The molecule has 0 aromatic carbocycles. The number of nitrogens with one attached hydrogen (secondary N) is 1. The molecule has 0 atom stereocenters. The zero-order valence-electron chi connectivity index (χ0n) is 10.3. The molecule has 3 rings (SSSR count). The Balaban J connectivity index is 2.21. The largest absolute Gasteiger partial charge is 0.308 e. The highest BCUT2D eigenvalue weighted by molar-refractivity contribution is 7.17. The van der Waals surface area contributed by atoms with Crippen molar-refractivity contribution in [2.24, 2.45) is 0 Å². The lowest BCUT2D eigenvalue weighted by molar-refractivity contribution is 1.36. The number of rotatable bonds is 3. The van der Waals surface area contributed by atoms with Crippen molar-refractivity contribution in [3.8, 4) is 11.1 Å². The summed E-state index contributed by atoms with van der Waals surface area (Å²) in [6.07, 6.45) is 5.11. The first-order valence-corrected chi connectivity index (χ1v) is 7.50. The van der Waals surface area contributed by atoms with E-state index >= 15 is 0 Å². The van der Waals surface area contributed by atoms with E-state index in [1.54, 1.807) is 11.3 Å². The van der Waals surface area contributed by atoms with Crippen molar-refractivity contribution in [3.63, 3.8) is 0 Å². The van der Waals surface area contributed by atoms with Gasteiger partial charge >= 0.3 is 0 Å². The van der Waals surface area contributed by atoms with E-state index in [0.29, 0.717) is 0 Å². The molecule has 3 nitrogen and oxygen atoms in total. The minimum atomic E-state index is 0.836. The molecule has 0 aliphatic heterocycles. The van der Waals surface area contributed by atoms with Crippen molar-refractivity contribution in [2.75, 3.05) is 0 Å². The SMILES string of the molecule is C/C=C(\C=N)c1ccc2scc(-c3cnsc3)c2n1. The number of hydrogen-bond acceptors (Lipinski definition) is 5. The summed E-state index contributed by atoms with van der Waals surface area (Å²) >= 11 is 3.13. The number of aromatic nitrogens is 2. The maximum atomic E-state index is 7.42. The zero-order valence-corrected chi connectivity index (χ0v) is 11.9. The highest BCUT2D eigenvalue weighted by atomic mass is 32.1. The molecule has 3 heterocycles. The standard InChI is InChI=1S/C14H11N3S2/c1-2-9(5-15)12-3-4-13-14(17-12)11(8-18-13)10-6-16-19-7-10/h2-8,15H,1H3/b9-2+,15-5?. The minimum absolute atomic E-state index is 0.836. The molecule has 0 aliphatic carbocycles. The van der Waals surface area contributed by atoms with Gasteiger partial charge < -0.3 is 5.41 Å². The van der Waals surface area contributed by atoms with Gasteiger partial charge in [0, 0.05) is 39.9 Å². The molecule has 1 N–H and O–H groups in total. The minimum Gasteiger partial charge on any atom is -0.308 e. The Morgan fingerprint density at radius 1 is 1.32 bits per heavy atom. The van der Waals surface area contributed by atoms with Gasteiger partial charge in [0.25, 0.3) is 0 Å². The second-order valence-electron chi connectivity index (χ2n) is 3.99. The van der Waals surface area contributed by atoms with Crippen LogP contribution in [0.5, 0.6) is 0 Å². The lowest BCUT2D eigenvalue weighted by atomic mass is 10.1. The molecule has 0 saturated carbocycles. The van der Waals surface area contributed by atoms with Crippen LogP contribution in [0.3, 0.4) is 0 Å². The molecule has 0 bridgehead atoms. The van der Waals surface area contributed by atoms with Crippen molar-refractivity contribution in [2.45, 2.75) is 6.92 Å². The molecule has 19 heavy (non-hydrogen) atoms. The van der Waals surface area contributed by atoms with Crippen LogP contribution < -0.4 is 0 Å². The smallest absolute Gasteiger partial charge is 0.0896 e. The predicted molar refractivity (Wildman–Crippen MR) is 83.2 cm³/mol. The van der Waals surface area contributed by atoms with Gasteiger partial charge in [0.15, 0.2) is 0 Å². The van der Waals surface area contributed by atoms with Crippen LogP contribution in [0.25, 0.3) is 26.9 Å². The van der Waals surface area contributed by atoms with Crippen LogP contribution in [0.1, 0.15) is 12.6 Å². The second kappa shape index (κ2) is 5.03. The molecule has 0 aliphatic rings. The average Bonchev–Trinajstić information content (AvgIpc) is 3.08. The first-order valence-electron chi connectivity index (χ1n) is 5.78. The molecule has 0 amide bonds. The molecule has 94 valence electrons. The maximum absolute atomic E-state index is 7.42. The summed E-state index contributed by atoms with van der Waals surface area (Å²) < 4.78 is 5.30. The van der Waals surface area contributed by atoms with Crippen LogP contribution in [-0.4, -0.2) is 15.6 Å². The average molecular weight is 285 g/mol. The van der Waals surface area contributed by atoms with Crippen LogP contribution >= 0.6 is 22.9 Å². The van der Waals surface area contributed by atoms with Crippen molar-refractivity contribution < 1.29 is 0 Å². The molecule has 0 fully saturated rings. The lowest BCUT2D eigenvalue weighted by Crippen LogP contribution is -1.90. The van der Waals surface area contributed by atoms with E-state index in [0.717, 1.165) is 32.6 Å². The van der Waals surface area contributed by atoms with Gasteiger partial charge in [-0.1, -0.05) is 6.08 Å². The summed E-state index contributed by atoms with van der Waals surface area (Å²) in [5.74, 6) is 0. The number of fused-ring (bicyclic) bond motifs is 1. The third kappa shape index (κ3) is 2.11. The number of nitrogens with zero attached hydrogens (tertiary/aromatic N) is 2. The first-order chi connectivity index (χ1) is 9.33. The predicted octanol–water partition coefficient (Wildman–Crippen LogP) is 4.47. The number of pyridine rings is 1. The molecule has 3 aromatic rings. The normalized spacial score (nSPS) is 11.9. The molecular weight excluding hydrogens is 274 g/mol. The quantitative estimate of drug-likeness (QED) is 0.722.